The summed E-state index contributed by atoms with van der Waals surface area (Å²) in [6.07, 6.45) is -4.37. The van der Waals surface area contributed by atoms with Gasteiger partial charge in [-0.3, -0.25) is 0 Å². The number of nitrogen functional groups attached to an aromatic ring is 1. The minimum atomic E-state index is -4.37. The zero-order chi connectivity index (χ0) is 13.2. The number of halogens is 3. The predicted molar refractivity (Wildman–Crippen MR) is 62.3 cm³/mol. The first-order valence-electron chi connectivity index (χ1n) is 4.95. The molecule has 1 aromatic carbocycles. The molecule has 3 nitrogen and oxygen atoms in total. The van der Waals surface area contributed by atoms with Crippen molar-refractivity contribution < 1.29 is 17.9 Å². The van der Waals surface area contributed by atoms with Crippen LogP contribution in [0.3, 0.4) is 0 Å². The number of aromatic nitrogens is 1. The maximum Gasteiger partial charge on any atom is 0.416 e. The average molecular weight is 274 g/mol. The van der Waals surface area contributed by atoms with Gasteiger partial charge in [0, 0.05) is 5.38 Å². The lowest BCUT2D eigenvalue weighted by Crippen LogP contribution is -2.05. The molecule has 0 aliphatic heterocycles. The second-order valence-corrected chi connectivity index (χ2v) is 4.42. The molecule has 0 spiro atoms. The van der Waals surface area contributed by atoms with E-state index in [1.807, 2.05) is 0 Å². The van der Waals surface area contributed by atoms with Crippen molar-refractivity contribution >= 4 is 17.2 Å². The van der Waals surface area contributed by atoms with Crippen molar-refractivity contribution in [2.75, 3.05) is 5.73 Å². The molecule has 0 atom stereocenters. The Hall–Kier alpha value is -1.76. The molecule has 7 heteroatoms. The fraction of sp³-hybridized carbons (Fsp3) is 0.182. The molecule has 0 amide bonds. The topological polar surface area (TPSA) is 48.1 Å². The Balaban J connectivity index is 2.06. The summed E-state index contributed by atoms with van der Waals surface area (Å²) < 4.78 is 42.6. The van der Waals surface area contributed by atoms with Crippen LogP contribution in [0.1, 0.15) is 10.6 Å². The third-order valence-corrected chi connectivity index (χ3v) is 2.93. The van der Waals surface area contributed by atoms with Crippen molar-refractivity contribution in [2.45, 2.75) is 12.8 Å². The highest BCUT2D eigenvalue weighted by molar-refractivity contribution is 7.09. The molecule has 0 fully saturated rings. The Labute approximate surface area is 105 Å². The molecule has 2 aromatic rings. The lowest BCUT2D eigenvalue weighted by Gasteiger charge is -2.09. The van der Waals surface area contributed by atoms with Crippen LogP contribution in [0.15, 0.2) is 29.6 Å². The summed E-state index contributed by atoms with van der Waals surface area (Å²) in [5.74, 6) is 0.529. The van der Waals surface area contributed by atoms with Gasteiger partial charge in [-0.2, -0.15) is 13.2 Å². The largest absolute Gasteiger partial charge is 0.486 e. The summed E-state index contributed by atoms with van der Waals surface area (Å²) in [6.45, 7) is 0.100. The minimum absolute atomic E-state index is 0.100. The fourth-order valence-electron chi connectivity index (χ4n) is 1.30. The number of hydrogen-bond acceptors (Lipinski definition) is 4. The first-order chi connectivity index (χ1) is 8.45. The van der Waals surface area contributed by atoms with Crippen LogP contribution >= 0.6 is 11.3 Å². The zero-order valence-corrected chi connectivity index (χ0v) is 9.89. The first-order valence-corrected chi connectivity index (χ1v) is 5.83. The average Bonchev–Trinajstić information content (AvgIpc) is 2.72. The monoisotopic (exact) mass is 274 g/mol. The number of alkyl halides is 3. The second kappa shape index (κ2) is 4.85. The molecular formula is C11H9F3N2OS. The van der Waals surface area contributed by atoms with Gasteiger partial charge in [-0.05, 0) is 18.2 Å². The number of hydrogen-bond donors (Lipinski definition) is 1. The van der Waals surface area contributed by atoms with E-state index in [0.29, 0.717) is 10.8 Å². The van der Waals surface area contributed by atoms with E-state index in [2.05, 4.69) is 4.98 Å². The predicted octanol–water partition coefficient (Wildman–Crippen LogP) is 3.32. The van der Waals surface area contributed by atoms with Gasteiger partial charge in [0.05, 0.1) is 5.56 Å². The first kappa shape index (κ1) is 12.7. The maximum absolute atomic E-state index is 12.5. The summed E-state index contributed by atoms with van der Waals surface area (Å²) in [5.41, 5.74) is 4.69. The van der Waals surface area contributed by atoms with E-state index in [1.165, 1.54) is 23.5 Å². The van der Waals surface area contributed by atoms with Gasteiger partial charge in [-0.25, -0.2) is 4.98 Å². The van der Waals surface area contributed by atoms with Gasteiger partial charge in [0.25, 0.3) is 0 Å². The molecular weight excluding hydrogens is 265 g/mol. The second-order valence-electron chi connectivity index (χ2n) is 3.48. The van der Waals surface area contributed by atoms with Crippen LogP contribution in [0.2, 0.25) is 0 Å². The van der Waals surface area contributed by atoms with Crippen molar-refractivity contribution in [1.82, 2.24) is 4.98 Å². The summed E-state index contributed by atoms with van der Waals surface area (Å²) in [4.78, 5) is 3.95. The van der Waals surface area contributed by atoms with E-state index in [0.717, 1.165) is 12.1 Å². The van der Waals surface area contributed by atoms with E-state index in [-0.39, 0.29) is 12.4 Å². The Morgan fingerprint density at radius 2 is 2.11 bits per heavy atom. The summed E-state index contributed by atoms with van der Waals surface area (Å²) in [5, 5.41) is 2.26. The van der Waals surface area contributed by atoms with Crippen LogP contribution in [0, 0.1) is 0 Å². The third-order valence-electron chi connectivity index (χ3n) is 2.09. The molecule has 0 aliphatic carbocycles. The number of rotatable bonds is 3. The summed E-state index contributed by atoms with van der Waals surface area (Å²) in [6, 6.07) is 4.71. The Bertz CT molecular complexity index is 539. The molecule has 0 aliphatic rings. The van der Waals surface area contributed by atoms with E-state index in [1.54, 1.807) is 5.38 Å². The molecule has 18 heavy (non-hydrogen) atoms. The quantitative estimate of drug-likeness (QED) is 0.934. The Morgan fingerprint density at radius 3 is 2.72 bits per heavy atom. The van der Waals surface area contributed by atoms with E-state index >= 15 is 0 Å². The Morgan fingerprint density at radius 1 is 1.33 bits per heavy atom. The molecule has 0 bridgehead atoms. The van der Waals surface area contributed by atoms with Gasteiger partial charge in [0.1, 0.15) is 23.2 Å². The molecule has 0 radical (unpaired) electrons. The van der Waals surface area contributed by atoms with Gasteiger partial charge in [0.2, 0.25) is 0 Å². The number of nitrogens with two attached hydrogens (primary N) is 1. The molecule has 0 saturated carbocycles. The highest BCUT2D eigenvalue weighted by Gasteiger charge is 2.30. The number of benzene rings is 1. The maximum atomic E-state index is 12.5. The molecule has 1 heterocycles. The van der Waals surface area contributed by atoms with Gasteiger partial charge in [0.15, 0.2) is 0 Å². The molecule has 1 aromatic heterocycles. The van der Waals surface area contributed by atoms with E-state index < -0.39 is 11.7 Å². The standard InChI is InChI=1S/C11H9F3N2OS/c12-11(13,14)7-2-1-3-8(4-7)17-5-10-16-9(15)6-18-10/h1-4,6H,5,15H2. The molecule has 0 unspecified atom stereocenters. The van der Waals surface area contributed by atoms with Crippen molar-refractivity contribution in [2.24, 2.45) is 0 Å². The lowest BCUT2D eigenvalue weighted by molar-refractivity contribution is -0.137. The van der Waals surface area contributed by atoms with Crippen LogP contribution in [0.25, 0.3) is 0 Å². The van der Waals surface area contributed by atoms with Crippen molar-refractivity contribution in [3.63, 3.8) is 0 Å². The van der Waals surface area contributed by atoms with Crippen LogP contribution in [-0.4, -0.2) is 4.98 Å². The van der Waals surface area contributed by atoms with Gasteiger partial charge in [-0.15, -0.1) is 11.3 Å². The normalized spacial score (nSPS) is 11.5. The highest BCUT2D eigenvalue weighted by atomic mass is 32.1. The van der Waals surface area contributed by atoms with Gasteiger partial charge < -0.3 is 10.5 Å². The molecule has 96 valence electrons. The van der Waals surface area contributed by atoms with Gasteiger partial charge >= 0.3 is 6.18 Å². The number of thiazole rings is 1. The van der Waals surface area contributed by atoms with Crippen molar-refractivity contribution in [1.29, 1.82) is 0 Å². The van der Waals surface area contributed by atoms with Crippen LogP contribution in [0.4, 0.5) is 19.0 Å². The molecule has 2 N–H and O–H groups in total. The van der Waals surface area contributed by atoms with Crippen molar-refractivity contribution in [3.05, 3.63) is 40.2 Å². The molecule has 2 rings (SSSR count). The summed E-state index contributed by atoms with van der Waals surface area (Å²) in [7, 11) is 0. The third kappa shape index (κ3) is 3.13. The number of nitrogens with zero attached hydrogens (tertiary/aromatic N) is 1. The highest BCUT2D eigenvalue weighted by Crippen LogP contribution is 2.31. The Kier molecular flexibility index (Phi) is 3.42. The van der Waals surface area contributed by atoms with Crippen LogP contribution < -0.4 is 10.5 Å². The smallest absolute Gasteiger partial charge is 0.416 e. The number of ether oxygens (including phenoxy) is 1. The minimum Gasteiger partial charge on any atom is -0.486 e. The summed E-state index contributed by atoms with van der Waals surface area (Å²) >= 11 is 1.30. The van der Waals surface area contributed by atoms with E-state index in [9.17, 15) is 13.2 Å². The lowest BCUT2D eigenvalue weighted by atomic mass is 10.2. The fourth-order valence-corrected chi connectivity index (χ4v) is 1.89. The number of anilines is 1. The van der Waals surface area contributed by atoms with Crippen LogP contribution in [0.5, 0.6) is 5.75 Å². The zero-order valence-electron chi connectivity index (χ0n) is 9.07. The van der Waals surface area contributed by atoms with Crippen molar-refractivity contribution in [3.8, 4) is 5.75 Å². The van der Waals surface area contributed by atoms with Gasteiger partial charge in [-0.1, -0.05) is 6.07 Å². The van der Waals surface area contributed by atoms with Crippen LogP contribution in [-0.2, 0) is 12.8 Å². The SMILES string of the molecule is Nc1csc(COc2cccc(C(F)(F)F)c2)n1. The molecule has 0 saturated heterocycles. The van der Waals surface area contributed by atoms with E-state index in [4.69, 9.17) is 10.5 Å².